The van der Waals surface area contributed by atoms with Gasteiger partial charge in [0.15, 0.2) is 0 Å². The minimum Gasteiger partial charge on any atom is -0.313 e. The van der Waals surface area contributed by atoms with Crippen LogP contribution in [0.3, 0.4) is 0 Å². The summed E-state index contributed by atoms with van der Waals surface area (Å²) >= 11 is 0. The highest BCUT2D eigenvalue weighted by atomic mass is 15.4. The highest BCUT2D eigenvalue weighted by Gasteiger charge is 2.11. The first-order chi connectivity index (χ1) is 6.57. The molecule has 0 unspecified atom stereocenters. The van der Waals surface area contributed by atoms with Gasteiger partial charge in [-0.05, 0) is 12.0 Å². The van der Waals surface area contributed by atoms with Crippen molar-refractivity contribution in [3.63, 3.8) is 0 Å². The molecule has 3 heteroatoms. The van der Waals surface area contributed by atoms with Gasteiger partial charge < -0.3 is 5.01 Å². The van der Waals surface area contributed by atoms with Crippen molar-refractivity contribution in [2.45, 2.75) is 19.8 Å². The fourth-order valence-corrected chi connectivity index (χ4v) is 1.46. The molecule has 0 spiro atoms. The second kappa shape index (κ2) is 4.24. The molecule has 0 bridgehead atoms. The lowest BCUT2D eigenvalue weighted by Crippen LogP contribution is -2.26. The van der Waals surface area contributed by atoms with E-state index in [1.807, 2.05) is 13.1 Å². The van der Waals surface area contributed by atoms with Gasteiger partial charge in [-0.1, -0.05) is 26.5 Å². The summed E-state index contributed by atoms with van der Waals surface area (Å²) in [6.45, 7) is 8.01. The Morgan fingerprint density at radius 3 is 2.64 bits per heavy atom. The molecule has 0 aliphatic rings. The highest BCUT2D eigenvalue weighted by molar-refractivity contribution is 5.68. The van der Waals surface area contributed by atoms with Crippen molar-refractivity contribution in [3.8, 4) is 0 Å². The zero-order valence-corrected chi connectivity index (χ0v) is 8.99. The standard InChI is InChI=1S/C11H17N3/c1-5-9-10(14(4)12)6-7-13-11(9)8(2)3/h5-8H,1,12H2,2-4H3. The van der Waals surface area contributed by atoms with Crippen molar-refractivity contribution in [2.24, 2.45) is 5.84 Å². The molecule has 76 valence electrons. The minimum absolute atomic E-state index is 0.378. The van der Waals surface area contributed by atoms with E-state index in [2.05, 4.69) is 25.4 Å². The number of pyridine rings is 1. The molecule has 0 fully saturated rings. The maximum atomic E-state index is 5.72. The molecule has 14 heavy (non-hydrogen) atoms. The number of nitrogens with two attached hydrogens (primary N) is 1. The van der Waals surface area contributed by atoms with Crippen molar-refractivity contribution in [3.05, 3.63) is 30.1 Å². The van der Waals surface area contributed by atoms with Gasteiger partial charge in [-0.25, -0.2) is 5.84 Å². The van der Waals surface area contributed by atoms with E-state index in [4.69, 9.17) is 5.84 Å². The fraction of sp³-hybridized carbons (Fsp3) is 0.364. The van der Waals surface area contributed by atoms with Gasteiger partial charge in [-0.2, -0.15) is 0 Å². The summed E-state index contributed by atoms with van der Waals surface area (Å²) in [4.78, 5) is 4.34. The lowest BCUT2D eigenvalue weighted by molar-refractivity contribution is 0.816. The number of nitrogens with zero attached hydrogens (tertiary/aromatic N) is 2. The summed E-state index contributed by atoms with van der Waals surface area (Å²) in [6.07, 6.45) is 3.59. The molecular weight excluding hydrogens is 174 g/mol. The Hall–Kier alpha value is -1.35. The van der Waals surface area contributed by atoms with Crippen LogP contribution in [-0.2, 0) is 0 Å². The molecule has 3 nitrogen and oxygen atoms in total. The second-order valence-corrected chi connectivity index (χ2v) is 3.60. The maximum absolute atomic E-state index is 5.72. The lowest BCUT2D eigenvalue weighted by Gasteiger charge is -2.18. The zero-order chi connectivity index (χ0) is 10.7. The zero-order valence-electron chi connectivity index (χ0n) is 8.99. The van der Waals surface area contributed by atoms with Crippen LogP contribution < -0.4 is 10.9 Å². The Morgan fingerprint density at radius 2 is 2.21 bits per heavy atom. The van der Waals surface area contributed by atoms with Crippen molar-refractivity contribution in [2.75, 3.05) is 12.1 Å². The molecule has 0 aliphatic carbocycles. The van der Waals surface area contributed by atoms with E-state index in [1.165, 1.54) is 0 Å². The molecule has 0 amide bonds. The van der Waals surface area contributed by atoms with Crippen molar-refractivity contribution < 1.29 is 0 Å². The van der Waals surface area contributed by atoms with Crippen LogP contribution in [0.25, 0.3) is 6.08 Å². The third-order valence-corrected chi connectivity index (χ3v) is 2.13. The van der Waals surface area contributed by atoms with Crippen LogP contribution in [0.1, 0.15) is 31.0 Å². The van der Waals surface area contributed by atoms with E-state index < -0.39 is 0 Å². The van der Waals surface area contributed by atoms with E-state index in [0.717, 1.165) is 16.9 Å². The Labute approximate surface area is 85.2 Å². The van der Waals surface area contributed by atoms with Crippen LogP contribution in [0.15, 0.2) is 18.8 Å². The van der Waals surface area contributed by atoms with Gasteiger partial charge >= 0.3 is 0 Å². The van der Waals surface area contributed by atoms with E-state index in [-0.39, 0.29) is 0 Å². The Kier molecular flexibility index (Phi) is 3.25. The van der Waals surface area contributed by atoms with E-state index in [0.29, 0.717) is 5.92 Å². The summed E-state index contributed by atoms with van der Waals surface area (Å²) in [6, 6.07) is 1.89. The Bertz CT molecular complexity index is 303. The molecule has 1 aromatic rings. The van der Waals surface area contributed by atoms with Crippen molar-refractivity contribution in [1.82, 2.24) is 4.98 Å². The first kappa shape index (κ1) is 10.7. The predicted molar refractivity (Wildman–Crippen MR) is 61.0 cm³/mol. The SMILES string of the molecule is C=Cc1c(N(C)N)ccnc1C(C)C. The lowest BCUT2D eigenvalue weighted by atomic mass is 10.0. The summed E-state index contributed by atoms with van der Waals surface area (Å²) in [5, 5.41) is 1.59. The topological polar surface area (TPSA) is 42.1 Å². The smallest absolute Gasteiger partial charge is 0.0619 e. The number of anilines is 1. The van der Waals surface area contributed by atoms with Gasteiger partial charge in [0.05, 0.1) is 11.4 Å². The number of rotatable bonds is 3. The van der Waals surface area contributed by atoms with Crippen LogP contribution in [0.4, 0.5) is 5.69 Å². The molecule has 0 radical (unpaired) electrons. The third kappa shape index (κ3) is 1.93. The van der Waals surface area contributed by atoms with Gasteiger partial charge in [-0.15, -0.1) is 0 Å². The molecule has 0 aliphatic heterocycles. The molecule has 0 aromatic carbocycles. The average molecular weight is 191 g/mol. The van der Waals surface area contributed by atoms with E-state index in [9.17, 15) is 0 Å². The quantitative estimate of drug-likeness (QED) is 0.588. The van der Waals surface area contributed by atoms with Gasteiger partial charge in [0.25, 0.3) is 0 Å². The fourth-order valence-electron chi connectivity index (χ4n) is 1.46. The summed E-state index contributed by atoms with van der Waals surface area (Å²) in [5.74, 6) is 6.09. The van der Waals surface area contributed by atoms with Gasteiger partial charge in [0, 0.05) is 18.8 Å². The average Bonchev–Trinajstić information content (AvgIpc) is 2.16. The van der Waals surface area contributed by atoms with Gasteiger partial charge in [0.2, 0.25) is 0 Å². The molecular formula is C11H17N3. The molecule has 1 rings (SSSR count). The van der Waals surface area contributed by atoms with Crippen LogP contribution >= 0.6 is 0 Å². The van der Waals surface area contributed by atoms with E-state index in [1.54, 1.807) is 17.3 Å². The van der Waals surface area contributed by atoms with Gasteiger partial charge in [-0.3, -0.25) is 4.98 Å². The first-order valence-corrected chi connectivity index (χ1v) is 4.67. The maximum Gasteiger partial charge on any atom is 0.0619 e. The first-order valence-electron chi connectivity index (χ1n) is 4.67. The molecule has 1 heterocycles. The molecule has 0 atom stereocenters. The Balaban J connectivity index is 3.32. The highest BCUT2D eigenvalue weighted by Crippen LogP contribution is 2.25. The summed E-state index contributed by atoms with van der Waals surface area (Å²) in [5.41, 5.74) is 3.01. The second-order valence-electron chi connectivity index (χ2n) is 3.60. The Morgan fingerprint density at radius 1 is 1.57 bits per heavy atom. The molecule has 2 N–H and O–H groups in total. The van der Waals surface area contributed by atoms with Crippen LogP contribution in [0.2, 0.25) is 0 Å². The number of hydrogen-bond donors (Lipinski definition) is 1. The summed E-state index contributed by atoms with van der Waals surface area (Å²) < 4.78 is 0. The van der Waals surface area contributed by atoms with Crippen molar-refractivity contribution >= 4 is 11.8 Å². The van der Waals surface area contributed by atoms with Gasteiger partial charge in [0.1, 0.15) is 0 Å². The monoisotopic (exact) mass is 191 g/mol. The number of aromatic nitrogens is 1. The summed E-state index contributed by atoms with van der Waals surface area (Å²) in [7, 11) is 1.81. The van der Waals surface area contributed by atoms with Crippen LogP contribution in [-0.4, -0.2) is 12.0 Å². The molecule has 1 aromatic heterocycles. The molecule has 0 saturated heterocycles. The molecule has 0 saturated carbocycles. The normalized spacial score (nSPS) is 10.4. The van der Waals surface area contributed by atoms with Crippen LogP contribution in [0, 0.1) is 0 Å². The van der Waals surface area contributed by atoms with Crippen molar-refractivity contribution in [1.29, 1.82) is 0 Å². The largest absolute Gasteiger partial charge is 0.313 e. The third-order valence-electron chi connectivity index (χ3n) is 2.13. The van der Waals surface area contributed by atoms with Crippen LogP contribution in [0.5, 0.6) is 0 Å². The minimum atomic E-state index is 0.378. The number of hydrazine groups is 1. The van der Waals surface area contributed by atoms with E-state index >= 15 is 0 Å². The number of hydrogen-bond acceptors (Lipinski definition) is 3. The predicted octanol–water partition coefficient (Wildman–Crippen LogP) is 2.16.